The molecule has 0 radical (unpaired) electrons. The first-order valence-corrected chi connectivity index (χ1v) is 8.87. The highest BCUT2D eigenvalue weighted by atomic mass is 127. The zero-order chi connectivity index (χ0) is 16.7. The van der Waals surface area contributed by atoms with Crippen molar-refractivity contribution in [2.24, 2.45) is 4.99 Å². The van der Waals surface area contributed by atoms with E-state index in [2.05, 4.69) is 41.5 Å². The molecule has 138 valence electrons. The summed E-state index contributed by atoms with van der Waals surface area (Å²) in [5, 5.41) is 11.1. The lowest BCUT2D eigenvalue weighted by Gasteiger charge is -2.16. The van der Waals surface area contributed by atoms with E-state index in [-0.39, 0.29) is 29.7 Å². The number of fused-ring (bicyclic) bond motifs is 1. The smallest absolute Gasteiger partial charge is 0.345 e. The summed E-state index contributed by atoms with van der Waals surface area (Å²) in [7, 11) is 0. The highest BCUT2D eigenvalue weighted by Crippen LogP contribution is 2.09. The Morgan fingerprint density at radius 2 is 2.17 bits per heavy atom. The third-order valence-corrected chi connectivity index (χ3v) is 4.17. The van der Waals surface area contributed by atoms with Gasteiger partial charge in [0.25, 0.3) is 0 Å². The summed E-state index contributed by atoms with van der Waals surface area (Å²) in [5.41, 5.74) is 0.0355. The van der Waals surface area contributed by atoms with Gasteiger partial charge >= 0.3 is 5.69 Å². The van der Waals surface area contributed by atoms with Gasteiger partial charge in [-0.15, -0.1) is 24.0 Å². The van der Waals surface area contributed by atoms with Crippen LogP contribution in [0.15, 0.2) is 9.79 Å². The van der Waals surface area contributed by atoms with Crippen molar-refractivity contribution in [3.8, 4) is 0 Å². The van der Waals surface area contributed by atoms with Crippen LogP contribution in [0, 0.1) is 0 Å². The molecule has 7 nitrogen and oxygen atoms in total. The van der Waals surface area contributed by atoms with Crippen molar-refractivity contribution in [1.29, 1.82) is 0 Å². The summed E-state index contributed by atoms with van der Waals surface area (Å²) in [4.78, 5) is 16.8. The van der Waals surface area contributed by atoms with Crippen molar-refractivity contribution >= 4 is 29.9 Å². The lowest BCUT2D eigenvalue weighted by atomic mass is 10.2. The van der Waals surface area contributed by atoms with E-state index in [4.69, 9.17) is 0 Å². The first-order chi connectivity index (χ1) is 11.2. The Hall–Kier alpha value is -1.06. The van der Waals surface area contributed by atoms with E-state index in [9.17, 15) is 4.79 Å². The van der Waals surface area contributed by atoms with Crippen LogP contribution in [0.1, 0.15) is 52.3 Å². The molecule has 0 aromatic carbocycles. The van der Waals surface area contributed by atoms with Crippen LogP contribution in [0.5, 0.6) is 0 Å². The average Bonchev–Trinajstić information content (AvgIpc) is 2.88. The largest absolute Gasteiger partial charge is 0.357 e. The molecular formula is C16H31IN6O. The average molecular weight is 450 g/mol. The number of hydrogen-bond donors (Lipinski definition) is 2. The standard InChI is InChI=1S/C16H30N6O.HI/c1-4-13(3)19-15(17-5-2)18-10-8-12-22-16(23)21-11-7-6-9-14(21)20-22;/h13H,4-12H2,1-3H3,(H2,17,18,19);1H. The SMILES string of the molecule is CCNC(=NCCCn1nc2n(c1=O)CCCC2)NC(C)CC.I. The predicted octanol–water partition coefficient (Wildman–Crippen LogP) is 1.74. The Morgan fingerprint density at radius 1 is 1.38 bits per heavy atom. The summed E-state index contributed by atoms with van der Waals surface area (Å²) >= 11 is 0. The molecule has 2 rings (SSSR count). The fourth-order valence-electron chi connectivity index (χ4n) is 2.66. The van der Waals surface area contributed by atoms with E-state index in [1.54, 1.807) is 4.68 Å². The number of rotatable bonds is 7. The Balaban J connectivity index is 0.00000288. The van der Waals surface area contributed by atoms with Crippen LogP contribution < -0.4 is 16.3 Å². The third-order valence-electron chi connectivity index (χ3n) is 4.17. The fourth-order valence-corrected chi connectivity index (χ4v) is 2.66. The van der Waals surface area contributed by atoms with Crippen LogP contribution in [-0.2, 0) is 19.5 Å². The summed E-state index contributed by atoms with van der Waals surface area (Å²) in [6, 6.07) is 0.398. The Labute approximate surface area is 161 Å². The van der Waals surface area contributed by atoms with Crippen molar-refractivity contribution in [2.75, 3.05) is 13.1 Å². The number of halogens is 1. The van der Waals surface area contributed by atoms with E-state index in [0.717, 1.165) is 57.0 Å². The predicted molar refractivity (Wildman–Crippen MR) is 108 cm³/mol. The Morgan fingerprint density at radius 3 is 2.83 bits per heavy atom. The second-order valence-corrected chi connectivity index (χ2v) is 6.10. The van der Waals surface area contributed by atoms with Crippen LogP contribution >= 0.6 is 24.0 Å². The first kappa shape index (κ1) is 21.0. The molecule has 1 unspecified atom stereocenters. The van der Waals surface area contributed by atoms with Gasteiger partial charge in [0.2, 0.25) is 0 Å². The monoisotopic (exact) mass is 450 g/mol. The molecule has 0 saturated carbocycles. The topological polar surface area (TPSA) is 76.2 Å². The summed E-state index contributed by atoms with van der Waals surface area (Å²) in [6.07, 6.45) is 5.00. The van der Waals surface area contributed by atoms with Crippen LogP contribution in [0.2, 0.25) is 0 Å². The number of guanidine groups is 1. The van der Waals surface area contributed by atoms with Crippen molar-refractivity contribution < 1.29 is 0 Å². The van der Waals surface area contributed by atoms with Gasteiger partial charge in [0.1, 0.15) is 5.82 Å². The number of nitrogens with zero attached hydrogens (tertiary/aromatic N) is 4. The molecule has 2 N–H and O–H groups in total. The zero-order valence-corrected chi connectivity index (χ0v) is 17.4. The van der Waals surface area contributed by atoms with Gasteiger partial charge in [0.05, 0.1) is 0 Å². The lowest BCUT2D eigenvalue weighted by molar-refractivity contribution is 0.509. The van der Waals surface area contributed by atoms with Crippen LogP contribution in [0.4, 0.5) is 0 Å². The van der Waals surface area contributed by atoms with Crippen molar-refractivity contribution in [1.82, 2.24) is 25.0 Å². The molecule has 0 bridgehead atoms. The molecule has 24 heavy (non-hydrogen) atoms. The number of aryl methyl sites for hydroxylation is 2. The maximum atomic E-state index is 12.2. The third kappa shape index (κ3) is 5.78. The maximum absolute atomic E-state index is 12.2. The molecule has 1 aromatic heterocycles. The van der Waals surface area contributed by atoms with E-state index >= 15 is 0 Å². The van der Waals surface area contributed by atoms with E-state index < -0.39 is 0 Å². The molecule has 1 atom stereocenters. The quantitative estimate of drug-likeness (QED) is 0.287. The minimum absolute atomic E-state index is 0. The molecule has 0 spiro atoms. The minimum Gasteiger partial charge on any atom is -0.357 e. The highest BCUT2D eigenvalue weighted by Gasteiger charge is 2.16. The molecule has 0 aliphatic carbocycles. The van der Waals surface area contributed by atoms with Gasteiger partial charge in [-0.1, -0.05) is 6.92 Å². The molecule has 1 aliphatic rings. The van der Waals surface area contributed by atoms with Crippen LogP contribution in [0.3, 0.4) is 0 Å². The Kier molecular flexibility index (Phi) is 9.38. The molecule has 1 aromatic rings. The number of aromatic nitrogens is 3. The molecule has 2 heterocycles. The van der Waals surface area contributed by atoms with Gasteiger partial charge in [-0.3, -0.25) is 9.56 Å². The fraction of sp³-hybridized carbons (Fsp3) is 0.812. The summed E-state index contributed by atoms with van der Waals surface area (Å²) < 4.78 is 3.42. The molecule has 8 heteroatoms. The molecular weight excluding hydrogens is 419 g/mol. The van der Waals surface area contributed by atoms with E-state index in [1.807, 2.05) is 4.57 Å². The molecule has 0 fully saturated rings. The number of nitrogens with one attached hydrogen (secondary N) is 2. The Bertz CT molecular complexity index is 580. The lowest BCUT2D eigenvalue weighted by Crippen LogP contribution is -2.42. The van der Waals surface area contributed by atoms with Gasteiger partial charge in [0.15, 0.2) is 5.96 Å². The highest BCUT2D eigenvalue weighted by molar-refractivity contribution is 14.0. The zero-order valence-electron chi connectivity index (χ0n) is 15.0. The normalized spacial score (nSPS) is 15.4. The molecule has 0 amide bonds. The first-order valence-electron chi connectivity index (χ1n) is 8.87. The maximum Gasteiger partial charge on any atom is 0.345 e. The van der Waals surface area contributed by atoms with Gasteiger partial charge in [0, 0.05) is 38.6 Å². The van der Waals surface area contributed by atoms with Gasteiger partial charge in [-0.05, 0) is 39.5 Å². The number of hydrogen-bond acceptors (Lipinski definition) is 3. The molecule has 0 saturated heterocycles. The van der Waals surface area contributed by atoms with E-state index in [0.29, 0.717) is 19.1 Å². The van der Waals surface area contributed by atoms with Crippen LogP contribution in [0.25, 0.3) is 0 Å². The van der Waals surface area contributed by atoms with Gasteiger partial charge in [-0.25, -0.2) is 9.48 Å². The van der Waals surface area contributed by atoms with Gasteiger partial charge < -0.3 is 10.6 Å². The molecule has 1 aliphatic heterocycles. The van der Waals surface area contributed by atoms with Crippen LogP contribution in [-0.4, -0.2) is 39.4 Å². The second kappa shape index (κ2) is 10.7. The minimum atomic E-state index is 0. The van der Waals surface area contributed by atoms with Crippen molar-refractivity contribution in [3.63, 3.8) is 0 Å². The summed E-state index contributed by atoms with van der Waals surface area (Å²) in [6.45, 7) is 9.32. The number of aliphatic imine (C=N–C) groups is 1. The van der Waals surface area contributed by atoms with Crippen molar-refractivity contribution in [2.45, 2.75) is 72.0 Å². The summed E-state index contributed by atoms with van der Waals surface area (Å²) in [5.74, 6) is 1.79. The van der Waals surface area contributed by atoms with Gasteiger partial charge in [-0.2, -0.15) is 5.10 Å². The van der Waals surface area contributed by atoms with Crippen molar-refractivity contribution in [3.05, 3.63) is 16.3 Å². The second-order valence-electron chi connectivity index (χ2n) is 6.10. The van der Waals surface area contributed by atoms with E-state index in [1.165, 1.54) is 0 Å².